The van der Waals surface area contributed by atoms with Crippen LogP contribution >= 0.6 is 0 Å². The zero-order valence-electron chi connectivity index (χ0n) is 10.6. The van der Waals surface area contributed by atoms with Crippen molar-refractivity contribution in [3.05, 3.63) is 39.4 Å². The molecule has 0 saturated heterocycles. The van der Waals surface area contributed by atoms with Gasteiger partial charge in [-0.15, -0.1) is 0 Å². The van der Waals surface area contributed by atoms with E-state index in [-0.39, 0.29) is 0 Å². The van der Waals surface area contributed by atoms with Gasteiger partial charge >= 0.3 is 5.69 Å². The molecule has 0 radical (unpaired) electrons. The monoisotopic (exact) mass is 272 g/mol. The smallest absolute Gasteiger partial charge is 0.307 e. The molecule has 0 aliphatic carbocycles. The number of nitro groups is 1. The van der Waals surface area contributed by atoms with Gasteiger partial charge in [-0.1, -0.05) is 13.8 Å². The van der Waals surface area contributed by atoms with Crippen molar-refractivity contribution in [2.24, 2.45) is 5.92 Å². The van der Waals surface area contributed by atoms with Crippen molar-refractivity contribution < 1.29 is 18.5 Å². The van der Waals surface area contributed by atoms with Gasteiger partial charge in [-0.05, 0) is 18.4 Å². The molecule has 104 valence electrons. The van der Waals surface area contributed by atoms with Crippen molar-refractivity contribution in [2.45, 2.75) is 20.3 Å². The first-order valence-corrected chi connectivity index (χ1v) is 5.74. The van der Waals surface area contributed by atoms with Gasteiger partial charge in [0.2, 0.25) is 5.82 Å². The lowest BCUT2D eigenvalue weighted by Crippen LogP contribution is -2.26. The van der Waals surface area contributed by atoms with Crippen molar-refractivity contribution >= 4 is 11.6 Å². The number of halogens is 2. The number of carbonyl (C=O) groups is 1. The molecule has 0 aliphatic rings. The van der Waals surface area contributed by atoms with E-state index in [9.17, 15) is 23.7 Å². The molecule has 5 nitrogen and oxygen atoms in total. The third-order valence-corrected chi connectivity index (χ3v) is 2.49. The predicted octanol–water partition coefficient (Wildman–Crippen LogP) is 2.65. The Bertz CT molecular complexity index is 504. The van der Waals surface area contributed by atoms with Crippen molar-refractivity contribution in [2.75, 3.05) is 6.54 Å². The zero-order valence-corrected chi connectivity index (χ0v) is 10.6. The van der Waals surface area contributed by atoms with E-state index in [4.69, 9.17) is 0 Å². The fourth-order valence-electron chi connectivity index (χ4n) is 1.42. The summed E-state index contributed by atoms with van der Waals surface area (Å²) in [6, 6.07) is 0.949. The van der Waals surface area contributed by atoms with Gasteiger partial charge in [0.05, 0.1) is 16.6 Å². The van der Waals surface area contributed by atoms with E-state index in [1.54, 1.807) is 0 Å². The summed E-state index contributed by atoms with van der Waals surface area (Å²) in [5.41, 5.74) is -1.52. The first-order chi connectivity index (χ1) is 8.82. The molecule has 1 rings (SSSR count). The summed E-state index contributed by atoms with van der Waals surface area (Å²) in [4.78, 5) is 21.0. The number of nitrogens with zero attached hydrogens (tertiary/aromatic N) is 1. The van der Waals surface area contributed by atoms with Gasteiger partial charge in [-0.25, -0.2) is 4.39 Å². The van der Waals surface area contributed by atoms with E-state index in [1.807, 2.05) is 13.8 Å². The van der Waals surface area contributed by atoms with Crippen LogP contribution in [0.1, 0.15) is 30.6 Å². The van der Waals surface area contributed by atoms with Crippen molar-refractivity contribution in [1.29, 1.82) is 0 Å². The van der Waals surface area contributed by atoms with E-state index in [2.05, 4.69) is 5.32 Å². The highest BCUT2D eigenvalue weighted by Crippen LogP contribution is 2.21. The number of benzene rings is 1. The number of amides is 1. The average molecular weight is 272 g/mol. The first kappa shape index (κ1) is 15.0. The summed E-state index contributed by atoms with van der Waals surface area (Å²) < 4.78 is 26.8. The molecule has 1 N–H and O–H groups in total. The Morgan fingerprint density at radius 1 is 1.37 bits per heavy atom. The molecule has 0 aliphatic heterocycles. The topological polar surface area (TPSA) is 72.2 Å². The Kier molecular flexibility index (Phi) is 4.91. The van der Waals surface area contributed by atoms with E-state index in [0.29, 0.717) is 31.0 Å². The molecule has 0 bridgehead atoms. The lowest BCUT2D eigenvalue weighted by molar-refractivity contribution is -0.387. The summed E-state index contributed by atoms with van der Waals surface area (Å²) in [5, 5.41) is 12.8. The second-order valence-corrected chi connectivity index (χ2v) is 4.48. The predicted molar refractivity (Wildman–Crippen MR) is 64.8 cm³/mol. The third kappa shape index (κ3) is 3.97. The molecule has 0 heterocycles. The summed E-state index contributed by atoms with van der Waals surface area (Å²) in [6.45, 7) is 4.24. The van der Waals surface area contributed by atoms with Crippen LogP contribution in [0.25, 0.3) is 0 Å². The molecule has 0 unspecified atom stereocenters. The standard InChI is InChI=1S/C12H14F2N2O3/c1-7(2)3-4-15-12(17)8-5-10(14)11(16(18)19)6-9(8)13/h5-7H,3-4H2,1-2H3,(H,15,17). The van der Waals surface area contributed by atoms with Crippen LogP contribution in [0.3, 0.4) is 0 Å². The molecule has 0 atom stereocenters. The summed E-state index contributed by atoms with van der Waals surface area (Å²) >= 11 is 0. The molecule has 0 spiro atoms. The number of rotatable bonds is 5. The van der Waals surface area contributed by atoms with Crippen LogP contribution in [0, 0.1) is 27.7 Å². The molecule has 19 heavy (non-hydrogen) atoms. The first-order valence-electron chi connectivity index (χ1n) is 5.74. The minimum atomic E-state index is -1.24. The minimum absolute atomic E-state index is 0.328. The maximum atomic E-state index is 13.5. The lowest BCUT2D eigenvalue weighted by Gasteiger charge is -2.08. The van der Waals surface area contributed by atoms with Crippen LogP contribution in [0.5, 0.6) is 0 Å². The van der Waals surface area contributed by atoms with Gasteiger partial charge in [-0.3, -0.25) is 14.9 Å². The average Bonchev–Trinajstić information content (AvgIpc) is 2.30. The Morgan fingerprint density at radius 3 is 2.53 bits per heavy atom. The Hall–Kier alpha value is -2.05. The number of carbonyl (C=O) groups excluding carboxylic acids is 1. The van der Waals surface area contributed by atoms with Gasteiger partial charge in [-0.2, -0.15) is 4.39 Å². The Morgan fingerprint density at radius 2 is 2.00 bits per heavy atom. The van der Waals surface area contributed by atoms with Crippen LogP contribution in [0.4, 0.5) is 14.5 Å². The van der Waals surface area contributed by atoms with Gasteiger partial charge in [0, 0.05) is 6.54 Å². The molecule has 1 aromatic rings. The van der Waals surface area contributed by atoms with Gasteiger partial charge in [0.25, 0.3) is 5.91 Å². The quantitative estimate of drug-likeness (QED) is 0.661. The Labute approximate surface area is 108 Å². The van der Waals surface area contributed by atoms with Crippen molar-refractivity contribution in [3.63, 3.8) is 0 Å². The summed E-state index contributed by atoms with van der Waals surface area (Å²) in [7, 11) is 0. The molecule has 7 heteroatoms. The van der Waals surface area contributed by atoms with Gasteiger partial charge < -0.3 is 5.32 Å². The molecule has 0 aromatic heterocycles. The van der Waals surface area contributed by atoms with Crippen LogP contribution in [0.15, 0.2) is 12.1 Å². The number of nitrogens with one attached hydrogen (secondary N) is 1. The van der Waals surface area contributed by atoms with Gasteiger partial charge in [0.1, 0.15) is 5.82 Å². The maximum absolute atomic E-state index is 13.5. The largest absolute Gasteiger partial charge is 0.352 e. The van der Waals surface area contributed by atoms with Crippen LogP contribution in [-0.4, -0.2) is 17.4 Å². The highest BCUT2D eigenvalue weighted by atomic mass is 19.1. The van der Waals surface area contributed by atoms with Crippen molar-refractivity contribution in [1.82, 2.24) is 5.32 Å². The maximum Gasteiger partial charge on any atom is 0.307 e. The van der Waals surface area contributed by atoms with Crippen LogP contribution < -0.4 is 5.32 Å². The van der Waals surface area contributed by atoms with Crippen LogP contribution in [0.2, 0.25) is 0 Å². The Balaban J connectivity index is 2.86. The molecular weight excluding hydrogens is 258 g/mol. The molecular formula is C12H14F2N2O3. The van der Waals surface area contributed by atoms with E-state index >= 15 is 0 Å². The third-order valence-electron chi connectivity index (χ3n) is 2.49. The zero-order chi connectivity index (χ0) is 14.6. The highest BCUT2D eigenvalue weighted by Gasteiger charge is 2.21. The fourth-order valence-corrected chi connectivity index (χ4v) is 1.42. The van der Waals surface area contributed by atoms with Crippen molar-refractivity contribution in [3.8, 4) is 0 Å². The summed E-state index contributed by atoms with van der Waals surface area (Å²) in [5.74, 6) is -2.78. The van der Waals surface area contributed by atoms with E-state index in [1.165, 1.54) is 0 Å². The fraction of sp³-hybridized carbons (Fsp3) is 0.417. The highest BCUT2D eigenvalue weighted by molar-refractivity contribution is 5.94. The molecule has 1 amide bonds. The number of hydrogen-bond donors (Lipinski definition) is 1. The van der Waals surface area contributed by atoms with Crippen LogP contribution in [-0.2, 0) is 0 Å². The minimum Gasteiger partial charge on any atom is -0.352 e. The normalized spacial score (nSPS) is 10.6. The molecule has 0 saturated carbocycles. The van der Waals surface area contributed by atoms with Gasteiger partial charge in [0.15, 0.2) is 0 Å². The molecule has 0 fully saturated rings. The number of nitro benzene ring substituents is 1. The lowest BCUT2D eigenvalue weighted by atomic mass is 10.1. The summed E-state index contributed by atoms with van der Waals surface area (Å²) in [6.07, 6.45) is 0.697. The van der Waals surface area contributed by atoms with E-state index in [0.717, 1.165) is 0 Å². The second kappa shape index (κ2) is 6.21. The molecule has 1 aromatic carbocycles. The SMILES string of the molecule is CC(C)CCNC(=O)c1cc(F)c([N+](=O)[O-])cc1F. The number of hydrogen-bond acceptors (Lipinski definition) is 3. The van der Waals surface area contributed by atoms with E-state index < -0.39 is 33.7 Å². The second-order valence-electron chi connectivity index (χ2n) is 4.48.